The molecule has 0 fully saturated rings. The Balaban J connectivity index is 1.86. The molecule has 102 valence electrons. The summed E-state index contributed by atoms with van der Waals surface area (Å²) in [5.41, 5.74) is 3.43. The molecule has 0 radical (unpaired) electrons. The number of aromatic amines is 1. The zero-order chi connectivity index (χ0) is 14.1. The van der Waals surface area contributed by atoms with Crippen molar-refractivity contribution in [3.63, 3.8) is 0 Å². The van der Waals surface area contributed by atoms with Crippen LogP contribution in [0.3, 0.4) is 0 Å². The Hall–Kier alpha value is -1.59. The number of H-pyrrole nitrogens is 1. The number of aromatic nitrogens is 2. The molecule has 0 spiro atoms. The molecule has 20 heavy (non-hydrogen) atoms. The molecule has 0 unspecified atom stereocenters. The molecule has 5 heteroatoms. The number of thioether (sulfide) groups is 1. The van der Waals surface area contributed by atoms with E-state index >= 15 is 0 Å². The van der Waals surface area contributed by atoms with Gasteiger partial charge in [-0.2, -0.15) is 0 Å². The van der Waals surface area contributed by atoms with Gasteiger partial charge in [0.05, 0.1) is 5.39 Å². The predicted molar refractivity (Wildman–Crippen MR) is 85.7 cm³/mol. The van der Waals surface area contributed by atoms with Gasteiger partial charge in [0, 0.05) is 5.75 Å². The molecule has 2 aromatic heterocycles. The van der Waals surface area contributed by atoms with Crippen LogP contribution in [0.5, 0.6) is 0 Å². The Morgan fingerprint density at radius 2 is 2.20 bits per heavy atom. The molecule has 2 heterocycles. The van der Waals surface area contributed by atoms with Crippen molar-refractivity contribution in [2.24, 2.45) is 0 Å². The molecule has 3 rings (SSSR count). The van der Waals surface area contributed by atoms with E-state index in [1.807, 2.05) is 18.4 Å². The van der Waals surface area contributed by atoms with Crippen molar-refractivity contribution in [1.29, 1.82) is 0 Å². The second-order valence-corrected chi connectivity index (χ2v) is 6.57. The number of nitrogens with zero attached hydrogens (tertiary/aromatic N) is 1. The van der Waals surface area contributed by atoms with Gasteiger partial charge in [-0.1, -0.05) is 41.6 Å². The number of aryl methyl sites for hydroxylation is 2. The maximum absolute atomic E-state index is 12.0. The lowest BCUT2D eigenvalue weighted by molar-refractivity contribution is 0.978. The molecule has 0 saturated carbocycles. The molecule has 0 aliphatic rings. The minimum absolute atomic E-state index is 0.0412. The van der Waals surface area contributed by atoms with Crippen LogP contribution >= 0.6 is 23.1 Å². The van der Waals surface area contributed by atoms with Gasteiger partial charge in [0.1, 0.15) is 4.83 Å². The Morgan fingerprint density at radius 1 is 1.35 bits per heavy atom. The van der Waals surface area contributed by atoms with Crippen LogP contribution in [0.2, 0.25) is 0 Å². The third-order valence-electron chi connectivity index (χ3n) is 3.06. The molecule has 1 N–H and O–H groups in total. The molecular weight excluding hydrogens is 288 g/mol. The molecule has 3 nitrogen and oxygen atoms in total. The quantitative estimate of drug-likeness (QED) is 0.589. The van der Waals surface area contributed by atoms with Crippen molar-refractivity contribution in [2.75, 3.05) is 0 Å². The number of hydrogen-bond acceptors (Lipinski definition) is 4. The third kappa shape index (κ3) is 2.64. The summed E-state index contributed by atoms with van der Waals surface area (Å²) in [5, 5.41) is 3.38. The lowest BCUT2D eigenvalue weighted by atomic mass is 10.2. The summed E-state index contributed by atoms with van der Waals surface area (Å²) in [6.07, 6.45) is 0. The van der Waals surface area contributed by atoms with E-state index < -0.39 is 0 Å². The standard InChI is InChI=1S/C15H14N2OS2/c1-9-4-3-5-11(6-9)8-20-15-16-13(18)12-10(2)7-19-14(12)17-15/h3-7H,8H2,1-2H3,(H,16,17,18). The SMILES string of the molecule is Cc1cccc(CSc2nc3scc(C)c3c(=O)[nH]2)c1. The third-order valence-corrected chi connectivity index (χ3v) is 5.00. The smallest absolute Gasteiger partial charge is 0.260 e. The van der Waals surface area contributed by atoms with Crippen molar-refractivity contribution >= 4 is 33.3 Å². The van der Waals surface area contributed by atoms with E-state index in [4.69, 9.17) is 0 Å². The largest absolute Gasteiger partial charge is 0.301 e. The lowest BCUT2D eigenvalue weighted by Crippen LogP contribution is -2.08. The van der Waals surface area contributed by atoms with E-state index in [0.29, 0.717) is 5.16 Å². The van der Waals surface area contributed by atoms with E-state index in [0.717, 1.165) is 21.5 Å². The predicted octanol–water partition coefficient (Wildman–Crippen LogP) is 3.89. The highest BCUT2D eigenvalue weighted by atomic mass is 32.2. The van der Waals surface area contributed by atoms with E-state index in [-0.39, 0.29) is 5.56 Å². The van der Waals surface area contributed by atoms with E-state index in [2.05, 4.69) is 35.1 Å². The summed E-state index contributed by atoms with van der Waals surface area (Å²) in [6.45, 7) is 4.02. The molecular formula is C15H14N2OS2. The minimum Gasteiger partial charge on any atom is -0.301 e. The Labute approximate surface area is 125 Å². The Bertz CT molecular complexity index is 820. The van der Waals surface area contributed by atoms with Crippen molar-refractivity contribution in [3.8, 4) is 0 Å². The van der Waals surface area contributed by atoms with Crippen LogP contribution in [0.1, 0.15) is 16.7 Å². The number of fused-ring (bicyclic) bond motifs is 1. The monoisotopic (exact) mass is 302 g/mol. The first-order chi connectivity index (χ1) is 9.63. The Kier molecular flexibility index (Phi) is 3.63. The van der Waals surface area contributed by atoms with Crippen molar-refractivity contribution in [1.82, 2.24) is 9.97 Å². The molecule has 3 aromatic rings. The molecule has 0 atom stereocenters. The zero-order valence-electron chi connectivity index (χ0n) is 11.3. The van der Waals surface area contributed by atoms with Gasteiger partial charge >= 0.3 is 0 Å². The van der Waals surface area contributed by atoms with Gasteiger partial charge in [-0.25, -0.2) is 4.98 Å². The summed E-state index contributed by atoms with van der Waals surface area (Å²) >= 11 is 3.08. The average Bonchev–Trinajstić information content (AvgIpc) is 2.79. The number of hydrogen-bond donors (Lipinski definition) is 1. The highest BCUT2D eigenvalue weighted by molar-refractivity contribution is 7.98. The van der Waals surface area contributed by atoms with Gasteiger partial charge in [-0.15, -0.1) is 11.3 Å². The maximum atomic E-state index is 12.0. The molecule has 0 saturated heterocycles. The number of benzene rings is 1. The molecule has 0 bridgehead atoms. The van der Waals surface area contributed by atoms with Crippen LogP contribution in [0.4, 0.5) is 0 Å². The number of nitrogens with one attached hydrogen (secondary N) is 1. The van der Waals surface area contributed by atoms with Crippen LogP contribution in [0, 0.1) is 13.8 Å². The molecule has 0 aliphatic heterocycles. The lowest BCUT2D eigenvalue weighted by Gasteiger charge is -2.02. The fourth-order valence-electron chi connectivity index (χ4n) is 2.09. The zero-order valence-corrected chi connectivity index (χ0v) is 12.9. The van der Waals surface area contributed by atoms with E-state index in [1.165, 1.54) is 22.5 Å². The minimum atomic E-state index is -0.0412. The summed E-state index contributed by atoms with van der Waals surface area (Å²) in [4.78, 5) is 20.2. The first-order valence-electron chi connectivity index (χ1n) is 6.30. The number of thiophene rings is 1. The van der Waals surface area contributed by atoms with Crippen LogP contribution in [0.25, 0.3) is 10.2 Å². The molecule has 0 aliphatic carbocycles. The summed E-state index contributed by atoms with van der Waals surface area (Å²) < 4.78 is 0. The first-order valence-corrected chi connectivity index (χ1v) is 8.16. The highest BCUT2D eigenvalue weighted by Gasteiger charge is 2.08. The molecule has 0 amide bonds. The summed E-state index contributed by atoms with van der Waals surface area (Å²) in [5.74, 6) is 0.806. The normalized spacial score (nSPS) is 11.1. The van der Waals surface area contributed by atoms with Gasteiger partial charge in [0.15, 0.2) is 5.16 Å². The topological polar surface area (TPSA) is 45.8 Å². The van der Waals surface area contributed by atoms with Crippen molar-refractivity contribution < 1.29 is 0 Å². The van der Waals surface area contributed by atoms with Gasteiger partial charge < -0.3 is 4.98 Å². The van der Waals surface area contributed by atoms with Crippen molar-refractivity contribution in [2.45, 2.75) is 24.8 Å². The van der Waals surface area contributed by atoms with Gasteiger partial charge in [0.2, 0.25) is 0 Å². The van der Waals surface area contributed by atoms with Crippen LogP contribution < -0.4 is 5.56 Å². The van der Waals surface area contributed by atoms with Gasteiger partial charge in [-0.05, 0) is 30.4 Å². The van der Waals surface area contributed by atoms with Crippen molar-refractivity contribution in [3.05, 3.63) is 56.7 Å². The second-order valence-electron chi connectivity index (χ2n) is 4.75. The fraction of sp³-hybridized carbons (Fsp3) is 0.200. The Morgan fingerprint density at radius 3 is 3.00 bits per heavy atom. The van der Waals surface area contributed by atoms with Gasteiger partial charge in [-0.3, -0.25) is 4.79 Å². The fourth-order valence-corrected chi connectivity index (χ4v) is 3.87. The number of rotatable bonds is 3. The summed E-state index contributed by atoms with van der Waals surface area (Å²) in [7, 11) is 0. The second kappa shape index (κ2) is 5.42. The summed E-state index contributed by atoms with van der Waals surface area (Å²) in [6, 6.07) is 8.37. The maximum Gasteiger partial charge on any atom is 0.260 e. The van der Waals surface area contributed by atoms with E-state index in [9.17, 15) is 4.79 Å². The van der Waals surface area contributed by atoms with E-state index in [1.54, 1.807) is 11.8 Å². The molecule has 1 aromatic carbocycles. The average molecular weight is 302 g/mol. The van der Waals surface area contributed by atoms with Gasteiger partial charge in [0.25, 0.3) is 5.56 Å². The van der Waals surface area contributed by atoms with Crippen LogP contribution in [0.15, 0.2) is 39.6 Å². The first kappa shape index (κ1) is 13.4. The van der Waals surface area contributed by atoms with Crippen LogP contribution in [-0.4, -0.2) is 9.97 Å². The highest BCUT2D eigenvalue weighted by Crippen LogP contribution is 2.24. The van der Waals surface area contributed by atoms with Crippen LogP contribution in [-0.2, 0) is 5.75 Å².